The monoisotopic (exact) mass is 295 g/mol. The van der Waals surface area contributed by atoms with Crippen LogP contribution in [0.1, 0.15) is 35.6 Å². The zero-order valence-electron chi connectivity index (χ0n) is 12.8. The van der Waals surface area contributed by atoms with Crippen molar-refractivity contribution in [3.63, 3.8) is 0 Å². The van der Waals surface area contributed by atoms with Gasteiger partial charge in [0.2, 0.25) is 0 Å². The number of phenols is 2. The molecule has 3 nitrogen and oxygen atoms in total. The van der Waals surface area contributed by atoms with Crippen LogP contribution in [0.2, 0.25) is 0 Å². The third-order valence-corrected chi connectivity index (χ3v) is 5.37. The maximum Gasteiger partial charge on any atom is 0.157 e. The van der Waals surface area contributed by atoms with Gasteiger partial charge in [-0.3, -0.25) is 4.90 Å². The van der Waals surface area contributed by atoms with E-state index in [1.54, 1.807) is 12.1 Å². The van der Waals surface area contributed by atoms with Crippen LogP contribution in [0.4, 0.5) is 0 Å². The maximum atomic E-state index is 9.97. The van der Waals surface area contributed by atoms with Crippen LogP contribution >= 0.6 is 0 Å². The molecule has 0 spiro atoms. The molecule has 1 aliphatic carbocycles. The number of aromatic hydroxyl groups is 2. The lowest BCUT2D eigenvalue weighted by molar-refractivity contribution is 0.187. The lowest BCUT2D eigenvalue weighted by Crippen LogP contribution is -2.39. The number of likely N-dealkylation sites (N-methyl/N-ethyl adjacent to an activating group) is 1. The molecule has 1 aliphatic heterocycles. The molecule has 1 fully saturated rings. The summed E-state index contributed by atoms with van der Waals surface area (Å²) in [7, 11) is 2.17. The molecule has 2 aliphatic rings. The first-order chi connectivity index (χ1) is 10.6. The van der Waals surface area contributed by atoms with E-state index in [9.17, 15) is 10.2 Å². The van der Waals surface area contributed by atoms with Gasteiger partial charge in [-0.05, 0) is 55.1 Å². The normalized spacial score (nSPS) is 23.0. The number of hydrogen-bond donors (Lipinski definition) is 2. The fourth-order valence-electron chi connectivity index (χ4n) is 4.11. The smallest absolute Gasteiger partial charge is 0.157 e. The predicted molar refractivity (Wildman–Crippen MR) is 86.2 cm³/mol. The van der Waals surface area contributed by atoms with Crippen molar-refractivity contribution in [2.75, 3.05) is 13.6 Å². The van der Waals surface area contributed by atoms with Crippen LogP contribution in [0.15, 0.2) is 42.5 Å². The number of benzene rings is 2. The molecule has 0 amide bonds. The van der Waals surface area contributed by atoms with Crippen molar-refractivity contribution in [3.8, 4) is 11.5 Å². The molecule has 1 heterocycles. The van der Waals surface area contributed by atoms with Crippen molar-refractivity contribution >= 4 is 0 Å². The molecule has 2 aromatic rings. The molecule has 4 rings (SSSR count). The first-order valence-electron chi connectivity index (χ1n) is 7.92. The molecule has 1 saturated carbocycles. The van der Waals surface area contributed by atoms with Crippen LogP contribution in [0, 0.1) is 0 Å². The average molecular weight is 295 g/mol. The van der Waals surface area contributed by atoms with E-state index in [1.807, 2.05) is 0 Å². The highest BCUT2D eigenvalue weighted by Gasteiger charge is 2.53. The topological polar surface area (TPSA) is 43.7 Å². The molecule has 22 heavy (non-hydrogen) atoms. The minimum atomic E-state index is -0.0112. The Labute approximate surface area is 130 Å². The number of fused-ring (bicyclic) bond motifs is 1. The second-order valence-electron chi connectivity index (χ2n) is 6.70. The Bertz CT molecular complexity index is 707. The van der Waals surface area contributed by atoms with Gasteiger partial charge in [0, 0.05) is 18.0 Å². The Morgan fingerprint density at radius 2 is 1.73 bits per heavy atom. The summed E-state index contributed by atoms with van der Waals surface area (Å²) in [4.78, 5) is 2.40. The minimum absolute atomic E-state index is 0.00777. The number of rotatable bonds is 2. The van der Waals surface area contributed by atoms with Gasteiger partial charge in [0.15, 0.2) is 11.5 Å². The first-order valence-corrected chi connectivity index (χ1v) is 7.92. The number of phenolic OH excluding ortho intramolecular Hbond substituents is 2. The van der Waals surface area contributed by atoms with E-state index in [-0.39, 0.29) is 23.0 Å². The maximum absolute atomic E-state index is 9.97. The fourth-order valence-corrected chi connectivity index (χ4v) is 4.11. The van der Waals surface area contributed by atoms with Crippen molar-refractivity contribution in [1.29, 1.82) is 0 Å². The number of nitrogens with zero attached hydrogens (tertiary/aromatic N) is 1. The Morgan fingerprint density at radius 3 is 2.41 bits per heavy atom. The second-order valence-corrected chi connectivity index (χ2v) is 6.70. The van der Waals surface area contributed by atoms with Gasteiger partial charge >= 0.3 is 0 Å². The van der Waals surface area contributed by atoms with E-state index in [0.29, 0.717) is 0 Å². The SMILES string of the molecule is CN1CCc2cc(O)c(O)cc2C1C1(c2ccccc2)CC1. The van der Waals surface area contributed by atoms with Crippen molar-refractivity contribution in [1.82, 2.24) is 4.90 Å². The molecule has 0 radical (unpaired) electrons. The first kappa shape index (κ1) is 13.6. The second kappa shape index (κ2) is 4.75. The summed E-state index contributed by atoms with van der Waals surface area (Å²) in [5.74, 6) is -0.0190. The predicted octanol–water partition coefficient (Wildman–Crippen LogP) is 3.36. The van der Waals surface area contributed by atoms with Gasteiger partial charge in [0.1, 0.15) is 0 Å². The standard InChI is InChI=1S/C19H21NO2/c1-20-10-7-13-11-16(21)17(22)12-15(13)18(20)19(8-9-19)14-5-3-2-4-6-14/h2-6,11-12,18,21-22H,7-10H2,1H3. The Balaban J connectivity index is 1.84. The van der Waals surface area contributed by atoms with Gasteiger partial charge in [-0.1, -0.05) is 30.3 Å². The van der Waals surface area contributed by atoms with E-state index >= 15 is 0 Å². The van der Waals surface area contributed by atoms with Crippen molar-refractivity contribution in [3.05, 3.63) is 59.2 Å². The quantitative estimate of drug-likeness (QED) is 0.835. The molecule has 2 N–H and O–H groups in total. The van der Waals surface area contributed by atoms with Crippen molar-refractivity contribution < 1.29 is 10.2 Å². The van der Waals surface area contributed by atoms with Crippen molar-refractivity contribution in [2.45, 2.75) is 30.7 Å². The molecule has 0 bridgehead atoms. The highest BCUT2D eigenvalue weighted by Crippen LogP contribution is 2.60. The molecule has 2 aromatic carbocycles. The summed E-state index contributed by atoms with van der Waals surface area (Å²) < 4.78 is 0. The average Bonchev–Trinajstić information content (AvgIpc) is 3.31. The Kier molecular flexibility index (Phi) is 2.95. The highest BCUT2D eigenvalue weighted by atomic mass is 16.3. The van der Waals surface area contributed by atoms with E-state index in [1.165, 1.54) is 29.5 Å². The zero-order chi connectivity index (χ0) is 15.3. The summed E-state index contributed by atoms with van der Waals surface area (Å²) in [6, 6.07) is 14.5. The van der Waals surface area contributed by atoms with Gasteiger partial charge < -0.3 is 10.2 Å². The molecule has 0 saturated heterocycles. The zero-order valence-corrected chi connectivity index (χ0v) is 12.8. The van der Waals surface area contributed by atoms with E-state index < -0.39 is 0 Å². The van der Waals surface area contributed by atoms with Crippen LogP contribution in [0.5, 0.6) is 11.5 Å². The fraction of sp³-hybridized carbons (Fsp3) is 0.368. The van der Waals surface area contributed by atoms with Crippen LogP contribution in [-0.2, 0) is 11.8 Å². The van der Waals surface area contributed by atoms with Crippen molar-refractivity contribution in [2.24, 2.45) is 0 Å². The number of hydrogen-bond acceptors (Lipinski definition) is 3. The van der Waals surface area contributed by atoms with Gasteiger partial charge in [0.25, 0.3) is 0 Å². The molecular formula is C19H21NO2. The summed E-state index contributed by atoms with van der Waals surface area (Å²) in [6.07, 6.45) is 3.27. The van der Waals surface area contributed by atoms with Gasteiger partial charge in [0.05, 0.1) is 0 Å². The van der Waals surface area contributed by atoms with Crippen LogP contribution in [0.3, 0.4) is 0 Å². The molecular weight excluding hydrogens is 274 g/mol. The largest absolute Gasteiger partial charge is 0.504 e. The molecule has 114 valence electrons. The molecule has 1 atom stereocenters. The molecule has 3 heteroatoms. The third-order valence-electron chi connectivity index (χ3n) is 5.37. The van der Waals surface area contributed by atoms with E-state index in [2.05, 4.69) is 42.3 Å². The third kappa shape index (κ3) is 1.92. The van der Waals surface area contributed by atoms with Crippen LogP contribution in [0.25, 0.3) is 0 Å². The van der Waals surface area contributed by atoms with Gasteiger partial charge in [-0.25, -0.2) is 0 Å². The van der Waals surface area contributed by atoms with E-state index in [4.69, 9.17) is 0 Å². The summed E-state index contributed by atoms with van der Waals surface area (Å²) in [5.41, 5.74) is 3.87. The van der Waals surface area contributed by atoms with Crippen LogP contribution < -0.4 is 0 Å². The lowest BCUT2D eigenvalue weighted by atomic mass is 9.78. The van der Waals surface area contributed by atoms with Crippen LogP contribution in [-0.4, -0.2) is 28.7 Å². The minimum Gasteiger partial charge on any atom is -0.504 e. The summed E-state index contributed by atoms with van der Waals surface area (Å²) in [6.45, 7) is 0.983. The van der Waals surface area contributed by atoms with E-state index in [0.717, 1.165) is 13.0 Å². The lowest BCUT2D eigenvalue weighted by Gasteiger charge is -2.40. The Hall–Kier alpha value is -2.00. The summed E-state index contributed by atoms with van der Waals surface area (Å²) in [5, 5.41) is 19.8. The highest BCUT2D eigenvalue weighted by molar-refractivity contribution is 5.51. The van der Waals surface area contributed by atoms with Gasteiger partial charge in [-0.2, -0.15) is 0 Å². The molecule has 1 unspecified atom stereocenters. The summed E-state index contributed by atoms with van der Waals surface area (Å²) >= 11 is 0. The van der Waals surface area contributed by atoms with Gasteiger partial charge in [-0.15, -0.1) is 0 Å². The Morgan fingerprint density at radius 1 is 1.05 bits per heavy atom. The molecule has 0 aromatic heterocycles.